The molecule has 0 N–H and O–H groups in total. The summed E-state index contributed by atoms with van der Waals surface area (Å²) in [6.45, 7) is 2.52. The highest BCUT2D eigenvalue weighted by Gasteiger charge is 2.08. The van der Waals surface area contributed by atoms with E-state index < -0.39 is 5.56 Å². The Kier molecular flexibility index (Phi) is 4.48. The van der Waals surface area contributed by atoms with Gasteiger partial charge in [-0.2, -0.15) is 15.0 Å². The molecule has 1 rings (SSSR count). The first kappa shape index (κ1) is 12.2. The quantitative estimate of drug-likeness (QED) is 0.679. The Hall–Kier alpha value is -1.87. The summed E-state index contributed by atoms with van der Waals surface area (Å²) in [5, 5.41) is 12.5. The van der Waals surface area contributed by atoms with Crippen LogP contribution in [0.5, 0.6) is 5.75 Å². The summed E-state index contributed by atoms with van der Waals surface area (Å²) in [5.41, 5.74) is -0.283. The van der Waals surface area contributed by atoms with Crippen LogP contribution in [0.4, 0.5) is 0 Å². The smallest absolute Gasteiger partial charge is 0.311 e. The maximum Gasteiger partial charge on any atom is 0.311 e. The lowest BCUT2D eigenvalue weighted by Gasteiger charge is -2.07. The van der Waals surface area contributed by atoms with E-state index in [4.69, 9.17) is 14.7 Å². The number of hydrogen-bond donors (Lipinski definition) is 0. The topological polar surface area (TPSA) is 77.1 Å². The molecule has 6 heteroatoms. The van der Waals surface area contributed by atoms with Crippen molar-refractivity contribution in [3.05, 3.63) is 22.1 Å². The van der Waals surface area contributed by atoms with E-state index in [1.807, 2.05) is 13.0 Å². The Bertz CT molecular complexity index is 448. The molecule has 0 fully saturated rings. The van der Waals surface area contributed by atoms with Gasteiger partial charge in [0.15, 0.2) is 11.4 Å². The van der Waals surface area contributed by atoms with Crippen LogP contribution in [0.25, 0.3) is 0 Å². The molecule has 86 valence electrons. The first-order chi connectivity index (χ1) is 7.72. The maximum atomic E-state index is 11.6. The molecule has 0 aromatic carbocycles. The predicted octanol–water partition coefficient (Wildman–Crippen LogP) is 0.508. The number of hydrogen-bond acceptors (Lipinski definition) is 5. The van der Waals surface area contributed by atoms with Gasteiger partial charge in [0.1, 0.15) is 12.8 Å². The SMILES string of the molecule is CCCOCn1nc(C#N)cc(OC)c1=O. The molecule has 0 saturated heterocycles. The summed E-state index contributed by atoms with van der Waals surface area (Å²) >= 11 is 0. The molecule has 0 unspecified atom stereocenters. The summed E-state index contributed by atoms with van der Waals surface area (Å²) in [4.78, 5) is 11.6. The molecule has 0 saturated carbocycles. The lowest BCUT2D eigenvalue weighted by molar-refractivity contribution is 0.0650. The fraction of sp³-hybridized carbons (Fsp3) is 0.500. The minimum Gasteiger partial charge on any atom is -0.491 e. The van der Waals surface area contributed by atoms with Gasteiger partial charge >= 0.3 is 5.56 Å². The Morgan fingerprint density at radius 1 is 1.62 bits per heavy atom. The average Bonchev–Trinajstić information content (AvgIpc) is 2.31. The van der Waals surface area contributed by atoms with Crippen molar-refractivity contribution in [2.45, 2.75) is 20.1 Å². The van der Waals surface area contributed by atoms with Gasteiger partial charge in [-0.3, -0.25) is 4.79 Å². The van der Waals surface area contributed by atoms with Gasteiger partial charge in [-0.15, -0.1) is 0 Å². The summed E-state index contributed by atoms with van der Waals surface area (Å²) < 4.78 is 11.1. The monoisotopic (exact) mass is 223 g/mol. The molecule has 0 amide bonds. The number of rotatable bonds is 5. The molecule has 0 bridgehead atoms. The van der Waals surface area contributed by atoms with E-state index in [0.29, 0.717) is 6.61 Å². The van der Waals surface area contributed by atoms with Crippen molar-refractivity contribution in [2.75, 3.05) is 13.7 Å². The Labute approximate surface area is 93.0 Å². The van der Waals surface area contributed by atoms with Crippen molar-refractivity contribution in [1.29, 1.82) is 5.26 Å². The summed E-state index contributed by atoms with van der Waals surface area (Å²) in [6, 6.07) is 3.16. The van der Waals surface area contributed by atoms with Crippen LogP contribution in [0.2, 0.25) is 0 Å². The first-order valence-electron chi connectivity index (χ1n) is 4.87. The molecule has 1 aromatic heterocycles. The zero-order valence-electron chi connectivity index (χ0n) is 9.27. The summed E-state index contributed by atoms with van der Waals surface area (Å²) in [6.07, 6.45) is 0.851. The fourth-order valence-corrected chi connectivity index (χ4v) is 1.10. The van der Waals surface area contributed by atoms with Crippen molar-refractivity contribution in [3.8, 4) is 11.8 Å². The fourth-order valence-electron chi connectivity index (χ4n) is 1.10. The molecule has 16 heavy (non-hydrogen) atoms. The Morgan fingerprint density at radius 3 is 2.94 bits per heavy atom. The molecule has 0 aliphatic rings. The number of aromatic nitrogens is 2. The molecule has 0 spiro atoms. The van der Waals surface area contributed by atoms with Gasteiger partial charge in [0.25, 0.3) is 0 Å². The minimum absolute atomic E-state index is 0.0263. The molecule has 1 heterocycles. The number of nitriles is 1. The van der Waals surface area contributed by atoms with Gasteiger partial charge in [-0.25, -0.2) is 0 Å². The summed E-state index contributed by atoms with van der Waals surface area (Å²) in [5.74, 6) is 0.0895. The van der Waals surface area contributed by atoms with Crippen LogP contribution < -0.4 is 10.3 Å². The van der Waals surface area contributed by atoms with Gasteiger partial charge < -0.3 is 9.47 Å². The van der Waals surface area contributed by atoms with Crippen molar-refractivity contribution in [2.24, 2.45) is 0 Å². The molecular formula is C10H13N3O3. The molecule has 1 aromatic rings. The van der Waals surface area contributed by atoms with E-state index in [9.17, 15) is 4.79 Å². The van der Waals surface area contributed by atoms with Gasteiger partial charge in [0.05, 0.1) is 7.11 Å². The predicted molar refractivity (Wildman–Crippen MR) is 56.0 cm³/mol. The highest BCUT2D eigenvalue weighted by molar-refractivity contribution is 5.27. The molecule has 0 aliphatic heterocycles. The highest BCUT2D eigenvalue weighted by atomic mass is 16.5. The van der Waals surface area contributed by atoms with Crippen molar-refractivity contribution in [1.82, 2.24) is 9.78 Å². The second kappa shape index (κ2) is 5.88. The summed E-state index contributed by atoms with van der Waals surface area (Å²) in [7, 11) is 1.37. The third-order valence-electron chi connectivity index (χ3n) is 1.84. The number of methoxy groups -OCH3 is 1. The lowest BCUT2D eigenvalue weighted by atomic mass is 10.4. The lowest BCUT2D eigenvalue weighted by Crippen LogP contribution is -2.26. The normalized spacial score (nSPS) is 9.81. The zero-order chi connectivity index (χ0) is 12.0. The van der Waals surface area contributed by atoms with E-state index in [0.717, 1.165) is 11.1 Å². The molecule has 0 atom stereocenters. The number of ether oxygens (including phenoxy) is 2. The van der Waals surface area contributed by atoms with Crippen molar-refractivity contribution < 1.29 is 9.47 Å². The van der Waals surface area contributed by atoms with Crippen LogP contribution >= 0.6 is 0 Å². The molecular weight excluding hydrogens is 210 g/mol. The zero-order valence-corrected chi connectivity index (χ0v) is 9.27. The largest absolute Gasteiger partial charge is 0.491 e. The van der Waals surface area contributed by atoms with Gasteiger partial charge in [0, 0.05) is 12.7 Å². The van der Waals surface area contributed by atoms with Crippen LogP contribution in [-0.2, 0) is 11.5 Å². The highest BCUT2D eigenvalue weighted by Crippen LogP contribution is 2.03. The third kappa shape index (κ3) is 2.81. The maximum absolute atomic E-state index is 11.6. The Morgan fingerprint density at radius 2 is 2.38 bits per heavy atom. The third-order valence-corrected chi connectivity index (χ3v) is 1.84. The van der Waals surface area contributed by atoms with E-state index in [-0.39, 0.29) is 18.2 Å². The van der Waals surface area contributed by atoms with E-state index in [2.05, 4.69) is 5.10 Å². The molecule has 6 nitrogen and oxygen atoms in total. The van der Waals surface area contributed by atoms with Gasteiger partial charge in [-0.1, -0.05) is 6.92 Å². The first-order valence-corrected chi connectivity index (χ1v) is 4.87. The Balaban J connectivity index is 2.98. The van der Waals surface area contributed by atoms with Gasteiger partial charge in [0.2, 0.25) is 0 Å². The molecule has 0 radical (unpaired) electrons. The van der Waals surface area contributed by atoms with Crippen molar-refractivity contribution >= 4 is 0 Å². The minimum atomic E-state index is -0.405. The van der Waals surface area contributed by atoms with Crippen molar-refractivity contribution in [3.63, 3.8) is 0 Å². The van der Waals surface area contributed by atoms with Crippen LogP contribution in [-0.4, -0.2) is 23.5 Å². The van der Waals surface area contributed by atoms with Crippen LogP contribution in [0.3, 0.4) is 0 Å². The van der Waals surface area contributed by atoms with E-state index in [1.54, 1.807) is 0 Å². The van der Waals surface area contributed by atoms with Crippen LogP contribution in [0, 0.1) is 11.3 Å². The van der Waals surface area contributed by atoms with Crippen LogP contribution in [0.15, 0.2) is 10.9 Å². The van der Waals surface area contributed by atoms with E-state index in [1.165, 1.54) is 13.2 Å². The second-order valence-corrected chi connectivity index (χ2v) is 3.05. The van der Waals surface area contributed by atoms with E-state index >= 15 is 0 Å². The van der Waals surface area contributed by atoms with Crippen LogP contribution in [0.1, 0.15) is 19.0 Å². The standard InChI is InChI=1S/C10H13N3O3/c1-3-4-16-7-13-10(14)9(15-2)5-8(6-11)12-13/h5H,3-4,7H2,1-2H3. The second-order valence-electron chi connectivity index (χ2n) is 3.05. The van der Waals surface area contributed by atoms with Gasteiger partial charge in [-0.05, 0) is 6.42 Å². The molecule has 0 aliphatic carbocycles. The average molecular weight is 223 g/mol. The number of nitrogens with zero attached hydrogens (tertiary/aromatic N) is 3.